The summed E-state index contributed by atoms with van der Waals surface area (Å²) in [6.45, 7) is -3.94. The number of hydroxylamine groups is 1. The van der Waals surface area contributed by atoms with Crippen molar-refractivity contribution in [2.45, 2.75) is 66.7 Å². The maximum atomic E-state index is 13.9. The summed E-state index contributed by atoms with van der Waals surface area (Å²) in [7, 11) is -4.40. The Hall–Kier alpha value is -6.25. The number of amides is 3. The predicted octanol–water partition coefficient (Wildman–Crippen LogP) is -0.789. The number of carboxylic acids is 5. The number of aliphatic carboxylic acids is 5. The first-order chi connectivity index (χ1) is 31.2. The second-order valence-corrected chi connectivity index (χ2v) is 17.8. The predicted molar refractivity (Wildman–Crippen MR) is 229 cm³/mol. The third-order valence-electron chi connectivity index (χ3n) is 10.8. The molecule has 25 heteroatoms. The van der Waals surface area contributed by atoms with Crippen LogP contribution in [0.1, 0.15) is 44.9 Å². The third kappa shape index (κ3) is 16.6. The van der Waals surface area contributed by atoms with E-state index < -0.39 is 100 Å². The smallest absolute Gasteiger partial charge is 0.320 e. The van der Waals surface area contributed by atoms with E-state index >= 15 is 0 Å². The molecule has 0 unspecified atom stereocenters. The molecule has 1 saturated heterocycles. The zero-order valence-electron chi connectivity index (χ0n) is 36.0. The fraction of sp³-hybridized carbons (Fsp3) is 0.512. The monoisotopic (exact) mass is 951 g/mol. The number of unbranched alkanes of at least 4 members (excludes halogenated alkanes) is 1. The van der Waals surface area contributed by atoms with Crippen LogP contribution >= 0.6 is 0 Å². The Bertz CT molecular complexity index is 2030. The highest BCUT2D eigenvalue weighted by Gasteiger charge is 2.53. The Morgan fingerprint density at radius 2 is 1.21 bits per heavy atom. The summed E-state index contributed by atoms with van der Waals surface area (Å²) in [6.07, 6.45) is -0.407. The van der Waals surface area contributed by atoms with E-state index in [2.05, 4.69) is 5.32 Å². The van der Waals surface area contributed by atoms with Gasteiger partial charge in [-0.1, -0.05) is 18.2 Å². The Morgan fingerprint density at radius 3 is 1.68 bits per heavy atom. The van der Waals surface area contributed by atoms with Crippen molar-refractivity contribution < 1.29 is 82.3 Å². The van der Waals surface area contributed by atoms with Gasteiger partial charge in [-0.3, -0.25) is 58.3 Å². The SMILES string of the molecule is N[C@@H](CCCCNC(=O)CC[C@@H](C(=O)O)N(CCN(CC(=O)O)CC(=O)O)CCN(CC(=O)O)CC(=O)O)C(=O)N1CCC(C(=O)NO)(S(=O)(=O)c2ccc(Oc3ccccc3)cc2)CC1. The summed E-state index contributed by atoms with van der Waals surface area (Å²) in [5.41, 5.74) is 7.67. The first-order valence-electron chi connectivity index (χ1n) is 20.8. The molecule has 2 aromatic carbocycles. The third-order valence-corrected chi connectivity index (χ3v) is 13.3. The molecule has 66 heavy (non-hydrogen) atoms. The molecule has 10 N–H and O–H groups in total. The largest absolute Gasteiger partial charge is 0.480 e. The van der Waals surface area contributed by atoms with Crippen molar-refractivity contribution in [2.75, 3.05) is 72.0 Å². The molecule has 0 spiro atoms. The fourth-order valence-electron chi connectivity index (χ4n) is 7.39. The first kappa shape index (κ1) is 54.1. The van der Waals surface area contributed by atoms with Crippen LogP contribution in [0.5, 0.6) is 11.5 Å². The van der Waals surface area contributed by atoms with E-state index in [9.17, 15) is 77.5 Å². The number of hydrogen-bond donors (Lipinski definition) is 9. The van der Waals surface area contributed by atoms with Gasteiger partial charge in [0.1, 0.15) is 17.5 Å². The van der Waals surface area contributed by atoms with Crippen LogP contribution in [0.2, 0.25) is 0 Å². The van der Waals surface area contributed by atoms with Crippen LogP contribution in [-0.4, -0.2) is 195 Å². The van der Waals surface area contributed by atoms with Gasteiger partial charge in [-0.2, -0.15) is 0 Å². The van der Waals surface area contributed by atoms with Gasteiger partial charge < -0.3 is 46.2 Å². The average molecular weight is 952 g/mol. The second-order valence-electron chi connectivity index (χ2n) is 15.5. The molecule has 0 saturated carbocycles. The molecule has 1 heterocycles. The van der Waals surface area contributed by atoms with Crippen molar-refractivity contribution in [3.63, 3.8) is 0 Å². The number of benzene rings is 2. The van der Waals surface area contributed by atoms with Crippen molar-refractivity contribution in [1.29, 1.82) is 0 Å². The van der Waals surface area contributed by atoms with E-state index in [0.29, 0.717) is 24.3 Å². The molecule has 0 aliphatic carbocycles. The topological polar surface area (TPSA) is 364 Å². The summed E-state index contributed by atoms with van der Waals surface area (Å²) in [4.78, 5) is 101. The van der Waals surface area contributed by atoms with Crippen LogP contribution in [0, 0.1) is 0 Å². The highest BCUT2D eigenvalue weighted by molar-refractivity contribution is 7.93. The molecule has 1 fully saturated rings. The first-order valence-corrected chi connectivity index (χ1v) is 22.3. The maximum Gasteiger partial charge on any atom is 0.320 e. The Labute approximate surface area is 379 Å². The van der Waals surface area contributed by atoms with E-state index in [4.69, 9.17) is 10.5 Å². The van der Waals surface area contributed by atoms with Crippen LogP contribution in [0.4, 0.5) is 0 Å². The minimum atomic E-state index is -4.40. The molecular weight excluding hydrogens is 895 g/mol. The molecule has 0 aromatic heterocycles. The number of likely N-dealkylation sites (tertiary alicyclic amines) is 1. The van der Waals surface area contributed by atoms with Crippen molar-refractivity contribution in [2.24, 2.45) is 5.73 Å². The molecule has 2 atom stereocenters. The lowest BCUT2D eigenvalue weighted by Crippen LogP contribution is -2.59. The average Bonchev–Trinajstić information content (AvgIpc) is 3.25. The summed E-state index contributed by atoms with van der Waals surface area (Å²) < 4.78 is 31.5. The fourth-order valence-corrected chi connectivity index (χ4v) is 9.35. The van der Waals surface area contributed by atoms with Crippen molar-refractivity contribution in [3.8, 4) is 11.5 Å². The van der Waals surface area contributed by atoms with E-state index in [1.54, 1.807) is 30.3 Å². The molecule has 3 amide bonds. The summed E-state index contributed by atoms with van der Waals surface area (Å²) in [5, 5.41) is 59.2. The van der Waals surface area contributed by atoms with Crippen LogP contribution in [0.25, 0.3) is 0 Å². The Morgan fingerprint density at radius 1 is 0.712 bits per heavy atom. The van der Waals surface area contributed by atoms with Gasteiger partial charge in [0.05, 0.1) is 37.1 Å². The zero-order chi connectivity index (χ0) is 49.0. The molecule has 364 valence electrons. The normalized spacial score (nSPS) is 14.6. The van der Waals surface area contributed by atoms with E-state index in [1.807, 2.05) is 0 Å². The van der Waals surface area contributed by atoms with Crippen LogP contribution in [0.15, 0.2) is 59.5 Å². The lowest BCUT2D eigenvalue weighted by Gasteiger charge is -2.40. The molecular formula is C41H57N7O17S. The minimum absolute atomic E-state index is 0.111. The van der Waals surface area contributed by atoms with Gasteiger partial charge in [0, 0.05) is 52.2 Å². The van der Waals surface area contributed by atoms with Crippen molar-refractivity contribution in [1.82, 2.24) is 30.4 Å². The number of nitrogens with zero attached hydrogens (tertiary/aromatic N) is 4. The second kappa shape index (κ2) is 26.0. The zero-order valence-corrected chi connectivity index (χ0v) is 36.8. The van der Waals surface area contributed by atoms with Crippen LogP contribution in [0.3, 0.4) is 0 Å². The Kier molecular flexibility index (Phi) is 21.3. The standard InChI is InChI=1S/C41H57N7O17S/c42-31(38(58)48-18-15-41(16-19-48,40(61)44-62)66(63,64)30-11-9-29(10-12-30)65-28-6-2-1-3-7-28)8-4-5-17-43-33(49)14-13-32(39(59)60)47(22-20-45(24-34(50)51)25-35(52)53)23-21-46(26-36(54)55)27-37(56)57/h1-3,6-7,9-12,31-32,62H,4-5,8,13-27,42H2,(H,43,49)(H,44,61)(H,50,51)(H,52,53)(H,54,55)(H,56,57)(H,59,60)/t31-,32-/m0/s1. The number of hydrogen-bond acceptors (Lipinski definition) is 16. The van der Waals surface area contributed by atoms with Gasteiger partial charge in [-0.05, 0) is 74.9 Å². The van der Waals surface area contributed by atoms with E-state index in [1.165, 1.54) is 39.5 Å². The molecule has 2 aromatic rings. The van der Waals surface area contributed by atoms with Gasteiger partial charge in [0.25, 0.3) is 5.91 Å². The number of carboxylic acid groups (broad SMARTS) is 5. The van der Waals surface area contributed by atoms with Gasteiger partial charge in [0.15, 0.2) is 14.6 Å². The maximum absolute atomic E-state index is 13.9. The molecule has 1 aliphatic rings. The number of rotatable bonds is 30. The van der Waals surface area contributed by atoms with Gasteiger partial charge in [0.2, 0.25) is 11.8 Å². The van der Waals surface area contributed by atoms with Crippen molar-refractivity contribution in [3.05, 3.63) is 54.6 Å². The van der Waals surface area contributed by atoms with Crippen molar-refractivity contribution >= 4 is 57.4 Å². The highest BCUT2D eigenvalue weighted by atomic mass is 32.2. The lowest BCUT2D eigenvalue weighted by atomic mass is 9.94. The lowest BCUT2D eigenvalue weighted by molar-refractivity contribution is -0.146. The number of para-hydroxylation sites is 1. The summed E-state index contributed by atoms with van der Waals surface area (Å²) in [5.74, 6) is -8.09. The number of carbonyl (C=O) groups is 8. The quantitative estimate of drug-likeness (QED) is 0.0263. The van der Waals surface area contributed by atoms with Gasteiger partial charge in [-0.15, -0.1) is 0 Å². The van der Waals surface area contributed by atoms with Crippen LogP contribution < -0.4 is 21.3 Å². The van der Waals surface area contributed by atoms with Gasteiger partial charge in [-0.25, -0.2) is 13.9 Å². The van der Waals surface area contributed by atoms with Crippen LogP contribution in [-0.2, 0) is 48.2 Å². The van der Waals surface area contributed by atoms with Gasteiger partial charge >= 0.3 is 29.8 Å². The highest BCUT2D eigenvalue weighted by Crippen LogP contribution is 2.37. The molecule has 0 bridgehead atoms. The van der Waals surface area contributed by atoms with E-state index in [-0.39, 0.29) is 82.8 Å². The number of nitrogens with two attached hydrogens (primary N) is 1. The number of carbonyl (C=O) groups excluding carboxylic acids is 3. The molecule has 3 rings (SSSR count). The minimum Gasteiger partial charge on any atom is -0.480 e. The number of sulfone groups is 1. The number of ether oxygens (including phenoxy) is 1. The number of piperidine rings is 1. The Balaban J connectivity index is 1.53. The molecule has 0 radical (unpaired) electrons. The molecule has 24 nitrogen and oxygen atoms in total. The van der Waals surface area contributed by atoms with E-state index in [0.717, 1.165) is 9.80 Å². The summed E-state index contributed by atoms with van der Waals surface area (Å²) >= 11 is 0. The molecule has 1 aliphatic heterocycles. The summed E-state index contributed by atoms with van der Waals surface area (Å²) in [6, 6.07) is 11.8. The number of nitrogens with one attached hydrogen (secondary N) is 2.